The van der Waals surface area contributed by atoms with E-state index in [2.05, 4.69) is 28.5 Å². The number of anilines is 2. The predicted molar refractivity (Wildman–Crippen MR) is 183 cm³/mol. The zero-order chi connectivity index (χ0) is 36.6. The Bertz CT molecular complexity index is 1520. The quantitative estimate of drug-likeness (QED) is 0.0591. The maximum absolute atomic E-state index is 13.7. The van der Waals surface area contributed by atoms with E-state index < -0.39 is 37.4 Å². The molecule has 1 aliphatic rings. The molecule has 1 saturated heterocycles. The van der Waals surface area contributed by atoms with Gasteiger partial charge in [-0.3, -0.25) is 14.5 Å². The summed E-state index contributed by atoms with van der Waals surface area (Å²) in [5, 5.41) is 5.94. The van der Waals surface area contributed by atoms with Gasteiger partial charge in [0, 0.05) is 51.2 Å². The van der Waals surface area contributed by atoms with Gasteiger partial charge < -0.3 is 34.3 Å². The average molecular weight is 706 g/mol. The molecule has 0 spiro atoms. The van der Waals surface area contributed by atoms with Gasteiger partial charge in [-0.2, -0.15) is 17.6 Å². The molecule has 14 heteroatoms. The van der Waals surface area contributed by atoms with Crippen LogP contribution in [0.5, 0.6) is 23.0 Å². The van der Waals surface area contributed by atoms with Crippen molar-refractivity contribution >= 4 is 23.6 Å². The van der Waals surface area contributed by atoms with Gasteiger partial charge in [0.1, 0.15) is 41.2 Å². The molecule has 10 nitrogen and oxygen atoms in total. The third kappa shape index (κ3) is 11.0. The number of esters is 1. The third-order valence-electron chi connectivity index (χ3n) is 7.84. The van der Waals surface area contributed by atoms with Crippen molar-refractivity contribution in [2.45, 2.75) is 63.7 Å². The topological polar surface area (TPSA) is 108 Å². The second-order valence-electron chi connectivity index (χ2n) is 11.0. The first-order valence-electron chi connectivity index (χ1n) is 15.8. The number of allylic oxidation sites excluding steroid dienone is 4. The number of halogens is 4. The Hall–Kier alpha value is -4.98. The molecule has 0 aliphatic carbocycles. The molecule has 1 heterocycles. The molecule has 0 bridgehead atoms. The Morgan fingerprint density at radius 1 is 0.860 bits per heavy atom. The fraction of sp³-hybridized carbons (Fsp3) is 0.389. The van der Waals surface area contributed by atoms with Crippen molar-refractivity contribution in [1.29, 1.82) is 0 Å². The highest BCUT2D eigenvalue weighted by atomic mass is 19.3. The first-order valence-corrected chi connectivity index (χ1v) is 15.8. The summed E-state index contributed by atoms with van der Waals surface area (Å²) >= 11 is 0. The van der Waals surface area contributed by atoms with Gasteiger partial charge in [-0.25, -0.2) is 0 Å². The fourth-order valence-electron chi connectivity index (χ4n) is 5.52. The minimum Gasteiger partial charge on any atom is -0.484 e. The lowest BCUT2D eigenvalue weighted by molar-refractivity contribution is -0.146. The zero-order valence-corrected chi connectivity index (χ0v) is 28.2. The van der Waals surface area contributed by atoms with Gasteiger partial charge in [0.2, 0.25) is 0 Å². The SMILES string of the molecule is C=C/C=C\CC(Oc1cc(OC(F)F)c(CN2CCC[C@H]2C(=O)OC)cc1NC)[C@@H](C/C=C\C=C)Oc1cc(OC(F)F)c(C=O)cc1NC. The molecule has 0 aromatic heterocycles. The summed E-state index contributed by atoms with van der Waals surface area (Å²) < 4.78 is 81.3. The molecular formula is C36H43F4N3O7. The van der Waals surface area contributed by atoms with Crippen molar-refractivity contribution in [1.82, 2.24) is 4.90 Å². The van der Waals surface area contributed by atoms with Gasteiger partial charge in [0.05, 0.1) is 24.0 Å². The number of nitrogens with zero attached hydrogens (tertiary/aromatic N) is 1. The van der Waals surface area contributed by atoms with Crippen LogP contribution in [0.15, 0.2) is 73.9 Å². The first kappa shape index (κ1) is 39.5. The Kier molecular flexibility index (Phi) is 15.7. The van der Waals surface area contributed by atoms with Crippen LogP contribution >= 0.6 is 0 Å². The van der Waals surface area contributed by atoms with Crippen LogP contribution in [-0.2, 0) is 16.1 Å². The van der Waals surface area contributed by atoms with Crippen LogP contribution in [0.25, 0.3) is 0 Å². The number of methoxy groups -OCH3 is 1. The molecule has 2 N–H and O–H groups in total. The summed E-state index contributed by atoms with van der Waals surface area (Å²) in [6, 6.07) is 4.95. The zero-order valence-electron chi connectivity index (χ0n) is 28.2. The maximum atomic E-state index is 13.7. The summed E-state index contributed by atoms with van der Waals surface area (Å²) in [6.45, 7) is 1.74. The molecule has 1 fully saturated rings. The van der Waals surface area contributed by atoms with E-state index >= 15 is 0 Å². The number of alkyl halides is 4. The average Bonchev–Trinajstić information content (AvgIpc) is 3.56. The predicted octanol–water partition coefficient (Wildman–Crippen LogP) is 7.38. The lowest BCUT2D eigenvalue weighted by atomic mass is 10.0. The van der Waals surface area contributed by atoms with Crippen LogP contribution in [0, 0.1) is 0 Å². The van der Waals surface area contributed by atoms with Crippen LogP contribution < -0.4 is 29.6 Å². The smallest absolute Gasteiger partial charge is 0.387 e. The first-order chi connectivity index (χ1) is 24.1. The van der Waals surface area contributed by atoms with Crippen molar-refractivity contribution in [2.24, 2.45) is 0 Å². The van der Waals surface area contributed by atoms with E-state index in [1.165, 1.54) is 25.3 Å². The molecule has 2 aromatic rings. The van der Waals surface area contributed by atoms with Crippen LogP contribution in [0.4, 0.5) is 28.9 Å². The lowest BCUT2D eigenvalue weighted by Crippen LogP contribution is -2.37. The number of likely N-dealkylation sites (tertiary alicyclic amines) is 1. The number of benzene rings is 2. The Balaban J connectivity index is 2.10. The summed E-state index contributed by atoms with van der Waals surface area (Å²) in [5.41, 5.74) is 1.02. The largest absolute Gasteiger partial charge is 0.484 e. The molecule has 1 aliphatic heterocycles. The van der Waals surface area contributed by atoms with Crippen LogP contribution in [0.3, 0.4) is 0 Å². The van der Waals surface area contributed by atoms with E-state index in [4.69, 9.17) is 18.9 Å². The molecule has 0 radical (unpaired) electrons. The summed E-state index contributed by atoms with van der Waals surface area (Å²) in [7, 11) is 4.51. The summed E-state index contributed by atoms with van der Waals surface area (Å²) in [6.07, 6.45) is 10.5. The minimum absolute atomic E-state index is 0.0868. The van der Waals surface area contributed by atoms with E-state index in [0.717, 1.165) is 6.42 Å². The monoisotopic (exact) mass is 705 g/mol. The van der Waals surface area contributed by atoms with Crippen LogP contribution in [0.2, 0.25) is 0 Å². The number of hydrogen-bond donors (Lipinski definition) is 2. The van der Waals surface area contributed by atoms with Gasteiger partial charge in [-0.1, -0.05) is 49.6 Å². The molecule has 1 unspecified atom stereocenters. The number of ether oxygens (including phenoxy) is 5. The van der Waals surface area contributed by atoms with Gasteiger partial charge >= 0.3 is 19.2 Å². The summed E-state index contributed by atoms with van der Waals surface area (Å²) in [4.78, 5) is 25.9. The molecule has 0 saturated carbocycles. The van der Waals surface area contributed by atoms with Crippen molar-refractivity contribution < 1.29 is 50.8 Å². The highest BCUT2D eigenvalue weighted by Gasteiger charge is 2.33. The number of nitrogens with one attached hydrogen (secondary N) is 2. The minimum atomic E-state index is -3.20. The highest BCUT2D eigenvalue weighted by molar-refractivity contribution is 5.83. The lowest BCUT2D eigenvalue weighted by Gasteiger charge is -2.30. The molecule has 50 heavy (non-hydrogen) atoms. The van der Waals surface area contributed by atoms with E-state index in [1.54, 1.807) is 56.6 Å². The van der Waals surface area contributed by atoms with Crippen LogP contribution in [0.1, 0.15) is 41.6 Å². The number of hydrogen-bond acceptors (Lipinski definition) is 10. The Labute approximate surface area is 289 Å². The van der Waals surface area contributed by atoms with Gasteiger partial charge in [0.15, 0.2) is 6.29 Å². The normalized spacial score (nSPS) is 16.0. The van der Waals surface area contributed by atoms with E-state index in [-0.39, 0.29) is 47.9 Å². The van der Waals surface area contributed by atoms with Crippen molar-refractivity contribution in [3.63, 3.8) is 0 Å². The molecule has 272 valence electrons. The van der Waals surface area contributed by atoms with Crippen LogP contribution in [-0.4, -0.2) is 76.4 Å². The van der Waals surface area contributed by atoms with E-state index in [0.29, 0.717) is 36.2 Å². The summed E-state index contributed by atoms with van der Waals surface area (Å²) in [5.74, 6) is -0.700. The second-order valence-corrected chi connectivity index (χ2v) is 11.0. The number of rotatable bonds is 21. The Morgan fingerprint density at radius 2 is 1.40 bits per heavy atom. The molecular weight excluding hydrogens is 662 g/mol. The number of carbonyl (C=O) groups is 2. The standard InChI is InChI=1S/C36H43F4N3O7/c1-6-8-10-14-28(29(15-11-9-7-2)48-33-20-31(50-36(39)40)24(22-44)18-26(33)42-4)47-32-19-30(49-35(37)38)23(17-25(32)41-3)21-43-16-12-13-27(43)34(45)46-5/h6-11,17-20,22,27-29,35-36,41-42H,1-2,12-16,21H2,3-5H3/b10-8-,11-9-/t27-,28?,29+/m0/s1. The molecule has 3 rings (SSSR count). The van der Waals surface area contributed by atoms with Gasteiger partial charge in [0.25, 0.3) is 0 Å². The molecule has 2 aromatic carbocycles. The number of aldehydes is 1. The fourth-order valence-corrected chi connectivity index (χ4v) is 5.52. The molecule has 3 atom stereocenters. The van der Waals surface area contributed by atoms with E-state index in [1.807, 2.05) is 4.90 Å². The van der Waals surface area contributed by atoms with Gasteiger partial charge in [-0.05, 0) is 31.5 Å². The number of carbonyl (C=O) groups excluding carboxylic acids is 2. The van der Waals surface area contributed by atoms with Crippen molar-refractivity contribution in [3.05, 3.63) is 85.0 Å². The Morgan fingerprint density at radius 3 is 1.90 bits per heavy atom. The molecule has 0 amide bonds. The van der Waals surface area contributed by atoms with Crippen molar-refractivity contribution in [3.8, 4) is 23.0 Å². The third-order valence-corrected chi connectivity index (χ3v) is 7.84. The maximum Gasteiger partial charge on any atom is 0.387 e. The highest BCUT2D eigenvalue weighted by Crippen LogP contribution is 2.39. The second kappa shape index (κ2) is 19.9. The van der Waals surface area contributed by atoms with Gasteiger partial charge in [-0.15, -0.1) is 0 Å². The van der Waals surface area contributed by atoms with Crippen molar-refractivity contribution in [2.75, 3.05) is 38.4 Å². The van der Waals surface area contributed by atoms with E-state index in [9.17, 15) is 27.2 Å².